The summed E-state index contributed by atoms with van der Waals surface area (Å²) in [7, 11) is 1.80. The van der Waals surface area contributed by atoms with Crippen LogP contribution >= 0.6 is 11.6 Å². The smallest absolute Gasteiger partial charge is 0.228 e. The molecule has 0 radical (unpaired) electrons. The van der Waals surface area contributed by atoms with Gasteiger partial charge in [0.05, 0.1) is 18.8 Å². The van der Waals surface area contributed by atoms with Gasteiger partial charge in [0.25, 0.3) is 0 Å². The van der Waals surface area contributed by atoms with Gasteiger partial charge >= 0.3 is 0 Å². The van der Waals surface area contributed by atoms with Crippen molar-refractivity contribution in [2.45, 2.75) is 25.7 Å². The minimum Gasteiger partial charge on any atom is -0.493 e. The molecule has 0 unspecified atom stereocenters. The predicted octanol–water partition coefficient (Wildman–Crippen LogP) is 5.10. The lowest BCUT2D eigenvalue weighted by atomic mass is 10.1. The van der Waals surface area contributed by atoms with Gasteiger partial charge in [0.1, 0.15) is 28.2 Å². The van der Waals surface area contributed by atoms with Crippen molar-refractivity contribution in [3.8, 4) is 23.5 Å². The van der Waals surface area contributed by atoms with E-state index in [9.17, 15) is 4.79 Å². The summed E-state index contributed by atoms with van der Waals surface area (Å²) < 4.78 is 11.5. The van der Waals surface area contributed by atoms with Gasteiger partial charge in [0.2, 0.25) is 11.8 Å². The van der Waals surface area contributed by atoms with E-state index >= 15 is 0 Å². The van der Waals surface area contributed by atoms with Gasteiger partial charge in [0.15, 0.2) is 0 Å². The standard InChI is InChI=1S/C29H27ClN6O3/c1-31-28-24-18-33-26(36-29(37)19-7-8-19)16-23(24)20(17-34-28)9-10-21-15-22(11-12-32-21)38-13-2-3-14-39-27-6-4-5-25(30)35-27/h4-6,11-12,15-19H,2-3,7-8,13-14H2,1H3,(H,31,34)(H,33,36,37). The van der Waals surface area contributed by atoms with Gasteiger partial charge in [-0.25, -0.2) is 19.9 Å². The van der Waals surface area contributed by atoms with Gasteiger partial charge in [-0.05, 0) is 49.8 Å². The number of halogens is 1. The molecule has 5 rings (SSSR count). The van der Waals surface area contributed by atoms with Crippen LogP contribution in [0, 0.1) is 17.8 Å². The Hall–Kier alpha value is -4.42. The first-order valence-corrected chi connectivity index (χ1v) is 13.1. The van der Waals surface area contributed by atoms with Gasteiger partial charge in [-0.15, -0.1) is 0 Å². The summed E-state index contributed by atoms with van der Waals surface area (Å²) in [5, 5.41) is 8.04. The molecule has 39 heavy (non-hydrogen) atoms. The van der Waals surface area contributed by atoms with Crippen LogP contribution in [0.4, 0.5) is 11.6 Å². The summed E-state index contributed by atoms with van der Waals surface area (Å²) in [6.07, 6.45) is 8.55. The van der Waals surface area contributed by atoms with Crippen LogP contribution in [0.25, 0.3) is 10.8 Å². The second-order valence-electron chi connectivity index (χ2n) is 8.98. The molecule has 0 atom stereocenters. The molecule has 1 aliphatic carbocycles. The molecule has 1 saturated carbocycles. The van der Waals surface area contributed by atoms with E-state index in [0.717, 1.165) is 36.5 Å². The fourth-order valence-corrected chi connectivity index (χ4v) is 3.97. The van der Waals surface area contributed by atoms with E-state index in [1.807, 2.05) is 6.07 Å². The van der Waals surface area contributed by atoms with E-state index in [2.05, 4.69) is 42.4 Å². The van der Waals surface area contributed by atoms with Crippen LogP contribution < -0.4 is 20.1 Å². The molecule has 2 N–H and O–H groups in total. The number of nitrogens with one attached hydrogen (secondary N) is 2. The largest absolute Gasteiger partial charge is 0.493 e. The van der Waals surface area contributed by atoms with Crippen LogP contribution in [0.1, 0.15) is 36.9 Å². The second kappa shape index (κ2) is 12.4. The first-order valence-electron chi connectivity index (χ1n) is 12.7. The molecular formula is C29H27ClN6O3. The lowest BCUT2D eigenvalue weighted by molar-refractivity contribution is -0.117. The number of anilines is 2. The highest BCUT2D eigenvalue weighted by Gasteiger charge is 2.29. The summed E-state index contributed by atoms with van der Waals surface area (Å²) in [6, 6.07) is 10.7. The minimum atomic E-state index is 0.00374. The number of amides is 1. The van der Waals surface area contributed by atoms with Crippen LogP contribution in [-0.4, -0.2) is 46.1 Å². The molecule has 0 aromatic carbocycles. The lowest BCUT2D eigenvalue weighted by Gasteiger charge is -2.09. The average Bonchev–Trinajstić information content (AvgIpc) is 3.80. The van der Waals surface area contributed by atoms with Crippen molar-refractivity contribution >= 4 is 39.9 Å². The third-order valence-corrected chi connectivity index (χ3v) is 6.22. The van der Waals surface area contributed by atoms with Crippen LogP contribution in [0.5, 0.6) is 11.6 Å². The number of nitrogens with zero attached hydrogens (tertiary/aromatic N) is 4. The number of carbonyl (C=O) groups excluding carboxylic acids is 1. The molecule has 0 aliphatic heterocycles. The molecule has 1 fully saturated rings. The van der Waals surface area contributed by atoms with Crippen LogP contribution in [-0.2, 0) is 4.79 Å². The van der Waals surface area contributed by atoms with Crippen molar-refractivity contribution in [2.75, 3.05) is 30.9 Å². The summed E-state index contributed by atoms with van der Waals surface area (Å²) >= 11 is 5.87. The normalized spacial score (nSPS) is 12.4. The molecule has 4 heterocycles. The lowest BCUT2D eigenvalue weighted by Crippen LogP contribution is -2.14. The van der Waals surface area contributed by atoms with Crippen molar-refractivity contribution < 1.29 is 14.3 Å². The molecule has 4 aromatic heterocycles. The van der Waals surface area contributed by atoms with Crippen LogP contribution in [0.3, 0.4) is 0 Å². The number of pyridine rings is 4. The Labute approximate surface area is 231 Å². The van der Waals surface area contributed by atoms with Gasteiger partial charge in [-0.1, -0.05) is 23.6 Å². The summed E-state index contributed by atoms with van der Waals surface area (Å²) in [5.74, 6) is 8.76. The topological polar surface area (TPSA) is 111 Å². The predicted molar refractivity (Wildman–Crippen MR) is 150 cm³/mol. The van der Waals surface area contributed by atoms with Gasteiger partial charge < -0.3 is 20.1 Å². The maximum Gasteiger partial charge on any atom is 0.228 e. The number of hydrogen-bond acceptors (Lipinski definition) is 8. The number of hydrogen-bond donors (Lipinski definition) is 2. The van der Waals surface area contributed by atoms with Gasteiger partial charge in [-0.3, -0.25) is 4.79 Å². The molecule has 0 bridgehead atoms. The number of unbranched alkanes of at least 4 members (excludes halogenated alkanes) is 1. The third-order valence-electron chi connectivity index (χ3n) is 6.01. The highest BCUT2D eigenvalue weighted by Crippen LogP contribution is 2.31. The van der Waals surface area contributed by atoms with Gasteiger partial charge in [0, 0.05) is 54.5 Å². The van der Waals surface area contributed by atoms with Crippen LogP contribution in [0.15, 0.2) is 55.0 Å². The van der Waals surface area contributed by atoms with E-state index in [4.69, 9.17) is 21.1 Å². The Morgan fingerprint density at radius 3 is 2.67 bits per heavy atom. The Balaban J connectivity index is 1.22. The van der Waals surface area contributed by atoms with Crippen molar-refractivity contribution in [1.29, 1.82) is 0 Å². The molecule has 4 aromatic rings. The van der Waals surface area contributed by atoms with E-state index in [1.165, 1.54) is 0 Å². The summed E-state index contributed by atoms with van der Waals surface area (Å²) in [6.45, 7) is 1.06. The highest BCUT2D eigenvalue weighted by atomic mass is 35.5. The maximum absolute atomic E-state index is 12.2. The number of rotatable bonds is 10. The minimum absolute atomic E-state index is 0.00374. The number of aromatic nitrogens is 4. The molecule has 1 amide bonds. The molecule has 198 valence electrons. The first kappa shape index (κ1) is 26.2. The zero-order valence-electron chi connectivity index (χ0n) is 21.4. The van der Waals surface area contributed by atoms with E-state index in [-0.39, 0.29) is 11.8 Å². The monoisotopic (exact) mass is 542 g/mol. The fraction of sp³-hybridized carbons (Fsp3) is 0.276. The number of carbonyl (C=O) groups is 1. The van der Waals surface area contributed by atoms with Crippen LogP contribution in [0.2, 0.25) is 5.15 Å². The van der Waals surface area contributed by atoms with Crippen molar-refractivity contribution in [1.82, 2.24) is 19.9 Å². The zero-order valence-corrected chi connectivity index (χ0v) is 22.2. The number of fused-ring (bicyclic) bond motifs is 1. The Kier molecular flexibility index (Phi) is 8.34. The highest BCUT2D eigenvalue weighted by molar-refractivity contribution is 6.29. The SMILES string of the molecule is CNc1ncc(C#Cc2cc(OCCCCOc3cccc(Cl)n3)ccn2)c2cc(NC(=O)C3CC3)ncc12. The first-order chi connectivity index (χ1) is 19.1. The van der Waals surface area contributed by atoms with E-state index < -0.39 is 0 Å². The summed E-state index contributed by atoms with van der Waals surface area (Å²) in [5.41, 5.74) is 1.28. The molecule has 9 nitrogen and oxygen atoms in total. The Morgan fingerprint density at radius 2 is 1.87 bits per heavy atom. The molecule has 0 spiro atoms. The molecule has 10 heteroatoms. The second-order valence-corrected chi connectivity index (χ2v) is 9.37. The Morgan fingerprint density at radius 1 is 1.03 bits per heavy atom. The molecular weight excluding hydrogens is 516 g/mol. The van der Waals surface area contributed by atoms with Gasteiger partial charge in [-0.2, -0.15) is 0 Å². The Bertz CT molecular complexity index is 1550. The quantitative estimate of drug-likeness (QED) is 0.162. The van der Waals surface area contributed by atoms with Crippen molar-refractivity contribution in [2.24, 2.45) is 5.92 Å². The molecule has 0 saturated heterocycles. The summed E-state index contributed by atoms with van der Waals surface area (Å²) in [4.78, 5) is 29.5. The van der Waals surface area contributed by atoms with E-state index in [1.54, 1.807) is 56.0 Å². The fourth-order valence-electron chi connectivity index (χ4n) is 3.82. The third kappa shape index (κ3) is 7.12. The molecule has 1 aliphatic rings. The van der Waals surface area contributed by atoms with Crippen molar-refractivity contribution in [3.63, 3.8) is 0 Å². The zero-order chi connectivity index (χ0) is 27.0. The number of ether oxygens (including phenoxy) is 2. The average molecular weight is 543 g/mol. The van der Waals surface area contributed by atoms with E-state index in [0.29, 0.717) is 52.9 Å². The maximum atomic E-state index is 12.2. The van der Waals surface area contributed by atoms with Crippen molar-refractivity contribution in [3.05, 3.63) is 71.4 Å².